The SMILES string of the molecule is CCNCCC(Oc1cccc2ccoc12)c1cccs1.CN(C)CCC(Oc1cccc2ccoc12)c1cccs1.CNCCC(Oc1cccc2ccoc12)c1cccs1.CNCCC(Oc1cccc2ccoc12)c1ccsc1.NCCC(Oc1cccc2ccoc12)c1cccs1. The number of ether oxygens (including phenoxy) is 5. The van der Waals surface area contributed by atoms with Crippen molar-refractivity contribution in [1.82, 2.24) is 20.9 Å². The predicted molar refractivity (Wildman–Crippen MR) is 417 cm³/mol. The van der Waals surface area contributed by atoms with Crippen molar-refractivity contribution < 1.29 is 45.8 Å². The minimum atomic E-state index is -0.0132. The first-order valence-corrected chi connectivity index (χ1v) is 38.4. The van der Waals surface area contributed by atoms with Gasteiger partial charge in [-0.05, 0) is 184 Å². The molecule has 5 aromatic carbocycles. The number of benzene rings is 5. The molecule has 15 nitrogen and oxygen atoms in total. The first kappa shape index (κ1) is 73.3. The first-order valence-electron chi connectivity index (χ1n) is 33.9. The van der Waals surface area contributed by atoms with Crippen LogP contribution in [0.15, 0.2) is 262 Å². The van der Waals surface area contributed by atoms with Gasteiger partial charge in [0.15, 0.2) is 56.7 Å². The summed E-state index contributed by atoms with van der Waals surface area (Å²) in [6.07, 6.45) is 13.2. The van der Waals surface area contributed by atoms with E-state index in [1.54, 1.807) is 88.0 Å². The van der Waals surface area contributed by atoms with Crippen molar-refractivity contribution in [3.8, 4) is 28.7 Å². The van der Waals surface area contributed by atoms with Gasteiger partial charge in [-0.25, -0.2) is 0 Å². The number of fused-ring (bicyclic) bond motifs is 5. The van der Waals surface area contributed by atoms with Crippen molar-refractivity contribution in [3.05, 3.63) is 265 Å². The van der Waals surface area contributed by atoms with Crippen molar-refractivity contribution in [1.29, 1.82) is 0 Å². The molecule has 10 aromatic heterocycles. The Labute approximate surface area is 610 Å². The van der Waals surface area contributed by atoms with Crippen LogP contribution in [0.2, 0.25) is 0 Å². The molecule has 526 valence electrons. The molecule has 0 radical (unpaired) electrons. The van der Waals surface area contributed by atoms with E-state index in [1.807, 2.05) is 141 Å². The van der Waals surface area contributed by atoms with Crippen molar-refractivity contribution >= 4 is 112 Å². The van der Waals surface area contributed by atoms with E-state index < -0.39 is 0 Å². The lowest BCUT2D eigenvalue weighted by atomic mass is 10.1. The summed E-state index contributed by atoms with van der Waals surface area (Å²) in [6, 6.07) is 58.5. The standard InChI is InChI=1S/2C17H19NO2S.2C16H17NO2S.C15H15NO2S/c1-18(2)10-8-14(16-7-4-12-21-16)20-15-6-3-5-13-9-11-19-17(13)15;1-2-18-10-8-14(16-7-4-12-21-16)20-15-6-3-5-13-9-11-19-17(13)15;1-17-9-7-13(15-6-3-11-20-15)19-14-5-2-4-12-8-10-18-16(12)14;1-17-8-5-14(13-7-10-20-11-13)19-15-4-2-3-12-6-9-18-16(12)15;16-8-6-12(14-5-2-10-19-14)18-13-4-1-3-11-7-9-17-15(11)13/h3-7,9,11-12,14H,8,10H2,1-2H3;3-7,9,11-12,14,18H,2,8,10H2,1H3;2-6,8,10-11,13,17H,7,9H2,1H3;2-4,6-7,9-11,14,17H,5,8H2,1H3;1-5,7,9-10,12H,6,8,16H2. The Morgan fingerprint density at radius 1 is 0.376 bits per heavy atom. The molecule has 15 rings (SSSR count). The largest absolute Gasteiger partial charge is 0.482 e. The molecule has 5 atom stereocenters. The Hall–Kier alpha value is -8.90. The molecule has 0 aliphatic heterocycles. The number of para-hydroxylation sites is 5. The number of thiophene rings is 5. The van der Waals surface area contributed by atoms with E-state index in [-0.39, 0.29) is 30.5 Å². The lowest BCUT2D eigenvalue weighted by molar-refractivity contribution is 0.183. The molecule has 0 spiro atoms. The van der Waals surface area contributed by atoms with Crippen LogP contribution in [-0.4, -0.2) is 72.4 Å². The number of nitrogens with zero attached hydrogens (tertiary/aromatic N) is 1. The monoisotopic (exact) mass is 1450 g/mol. The Morgan fingerprint density at radius 2 is 0.703 bits per heavy atom. The van der Waals surface area contributed by atoms with Crippen LogP contribution in [0.1, 0.15) is 94.6 Å². The molecule has 0 bridgehead atoms. The van der Waals surface area contributed by atoms with Gasteiger partial charge in [-0.15, -0.1) is 45.3 Å². The molecule has 5 N–H and O–H groups in total. The molecule has 0 amide bonds. The van der Waals surface area contributed by atoms with Gasteiger partial charge < -0.3 is 72.4 Å². The number of furan rings is 5. The summed E-state index contributed by atoms with van der Waals surface area (Å²) in [6.45, 7) is 7.43. The summed E-state index contributed by atoms with van der Waals surface area (Å²) in [5.41, 5.74) is 11.0. The van der Waals surface area contributed by atoms with E-state index in [0.717, 1.165) is 148 Å². The van der Waals surface area contributed by atoms with Crippen LogP contribution < -0.4 is 45.4 Å². The summed E-state index contributed by atoms with van der Waals surface area (Å²) in [5, 5.41) is 27.6. The molecule has 0 saturated carbocycles. The summed E-state index contributed by atoms with van der Waals surface area (Å²) >= 11 is 8.57. The van der Waals surface area contributed by atoms with Crippen LogP contribution in [0.4, 0.5) is 0 Å². The molecule has 101 heavy (non-hydrogen) atoms. The normalized spacial score (nSPS) is 12.7. The van der Waals surface area contributed by atoms with Gasteiger partial charge >= 0.3 is 0 Å². The maximum atomic E-state index is 6.27. The van der Waals surface area contributed by atoms with E-state index in [9.17, 15) is 0 Å². The molecule has 15 aromatic rings. The highest BCUT2D eigenvalue weighted by atomic mass is 32.1. The van der Waals surface area contributed by atoms with Crippen LogP contribution >= 0.6 is 56.7 Å². The van der Waals surface area contributed by atoms with Crippen molar-refractivity contribution in [2.24, 2.45) is 5.73 Å². The van der Waals surface area contributed by atoms with Gasteiger partial charge in [-0.2, -0.15) is 11.3 Å². The van der Waals surface area contributed by atoms with Crippen LogP contribution in [0.25, 0.3) is 54.8 Å². The maximum absolute atomic E-state index is 6.27. The molecule has 10 heterocycles. The fourth-order valence-corrected chi connectivity index (χ4v) is 15.1. The summed E-state index contributed by atoms with van der Waals surface area (Å²) in [4.78, 5) is 7.10. The predicted octanol–water partition coefficient (Wildman–Crippen LogP) is 21.6. The third kappa shape index (κ3) is 20.7. The third-order valence-electron chi connectivity index (χ3n) is 16.3. The van der Waals surface area contributed by atoms with Gasteiger partial charge in [-0.3, -0.25) is 0 Å². The molecular formula is C81H87N5O10S5. The average molecular weight is 1450 g/mol. The molecular weight excluding hydrogens is 1360 g/mol. The van der Waals surface area contributed by atoms with Crippen LogP contribution in [0, 0.1) is 0 Å². The number of nitrogens with one attached hydrogen (secondary N) is 3. The second-order valence-electron chi connectivity index (χ2n) is 23.7. The van der Waals surface area contributed by atoms with E-state index in [1.165, 1.54) is 25.1 Å². The van der Waals surface area contributed by atoms with Crippen molar-refractivity contribution in [3.63, 3.8) is 0 Å². The highest BCUT2D eigenvalue weighted by Gasteiger charge is 2.22. The summed E-state index contributed by atoms with van der Waals surface area (Å²) in [7, 11) is 8.08. The zero-order valence-corrected chi connectivity index (χ0v) is 61.5. The number of rotatable bonds is 30. The van der Waals surface area contributed by atoms with E-state index in [2.05, 4.69) is 123 Å². The molecule has 5 unspecified atom stereocenters. The Balaban J connectivity index is 0.000000127. The topological polar surface area (TPSA) is 177 Å². The van der Waals surface area contributed by atoms with Gasteiger partial charge in [0, 0.05) is 90.7 Å². The number of hydrogen-bond donors (Lipinski definition) is 4. The Bertz CT molecular complexity index is 4590. The summed E-state index contributed by atoms with van der Waals surface area (Å²) in [5.74, 6) is 4.01. The molecule has 0 aliphatic carbocycles. The zero-order chi connectivity index (χ0) is 69.8. The smallest absolute Gasteiger partial charge is 0.175 e. The highest BCUT2D eigenvalue weighted by molar-refractivity contribution is 7.10. The fourth-order valence-electron chi connectivity index (χ4n) is 11.2. The minimum absolute atomic E-state index is 0.0132. The van der Waals surface area contributed by atoms with Crippen LogP contribution in [-0.2, 0) is 0 Å². The fraction of sp³-hybridized carbons (Fsp3) is 0.259. The van der Waals surface area contributed by atoms with Crippen molar-refractivity contribution in [2.75, 3.05) is 67.5 Å². The van der Waals surface area contributed by atoms with E-state index >= 15 is 0 Å². The number of nitrogens with two attached hydrogens (primary N) is 1. The van der Waals surface area contributed by atoms with E-state index in [4.69, 9.17) is 51.5 Å². The Kier molecular flexibility index (Phi) is 28.2. The molecule has 0 fully saturated rings. The van der Waals surface area contributed by atoms with Gasteiger partial charge in [0.05, 0.1) is 31.3 Å². The molecule has 0 aliphatic rings. The highest BCUT2D eigenvalue weighted by Crippen LogP contribution is 2.39. The lowest BCUT2D eigenvalue weighted by Gasteiger charge is -2.20. The van der Waals surface area contributed by atoms with Crippen LogP contribution in [0.3, 0.4) is 0 Å². The zero-order valence-electron chi connectivity index (χ0n) is 57.4. The first-order chi connectivity index (χ1) is 49.8. The number of hydrogen-bond acceptors (Lipinski definition) is 20. The van der Waals surface area contributed by atoms with E-state index in [0.29, 0.717) is 6.54 Å². The van der Waals surface area contributed by atoms with Gasteiger partial charge in [0.2, 0.25) is 0 Å². The molecule has 0 saturated heterocycles. The molecule has 20 heteroatoms. The quantitative estimate of drug-likeness (QED) is 0.0313. The van der Waals surface area contributed by atoms with Gasteiger partial charge in [-0.1, -0.05) is 91.9 Å². The summed E-state index contributed by atoms with van der Waals surface area (Å²) < 4.78 is 58.7. The average Bonchev–Trinajstić information content (AvgIpc) is 1.15. The van der Waals surface area contributed by atoms with Crippen molar-refractivity contribution in [2.45, 2.75) is 69.5 Å². The third-order valence-corrected chi connectivity index (χ3v) is 20.9. The Morgan fingerprint density at radius 3 is 1.00 bits per heavy atom. The minimum Gasteiger partial charge on any atom is -0.482 e. The second kappa shape index (κ2) is 38.8. The van der Waals surface area contributed by atoms with Crippen LogP contribution in [0.5, 0.6) is 28.7 Å². The lowest BCUT2D eigenvalue weighted by Crippen LogP contribution is -2.19. The maximum Gasteiger partial charge on any atom is 0.175 e. The second-order valence-corrected chi connectivity index (χ2v) is 28.4. The van der Waals surface area contributed by atoms with Gasteiger partial charge in [0.25, 0.3) is 0 Å². The van der Waals surface area contributed by atoms with Gasteiger partial charge in [0.1, 0.15) is 30.5 Å².